The first kappa shape index (κ1) is 30.9. The van der Waals surface area contributed by atoms with E-state index in [1.807, 2.05) is 20.8 Å². The predicted octanol–water partition coefficient (Wildman–Crippen LogP) is 2.54. The molecule has 0 aliphatic carbocycles. The van der Waals surface area contributed by atoms with E-state index in [1.54, 1.807) is 0 Å². The molecule has 2 N–H and O–H groups in total. The van der Waals surface area contributed by atoms with Gasteiger partial charge in [-0.15, -0.1) is 0 Å². The predicted molar refractivity (Wildman–Crippen MR) is 131 cm³/mol. The summed E-state index contributed by atoms with van der Waals surface area (Å²) in [5.74, 6) is -0.0155. The van der Waals surface area contributed by atoms with Gasteiger partial charge in [0, 0.05) is 12.5 Å². The molecule has 9 heteroatoms. The molecule has 2 rings (SSSR count). The van der Waals surface area contributed by atoms with Gasteiger partial charge in [0.15, 0.2) is 6.29 Å². The second-order valence-electron chi connectivity index (χ2n) is 11.7. The molecule has 9 nitrogen and oxygen atoms in total. The van der Waals surface area contributed by atoms with Gasteiger partial charge in [0.25, 0.3) is 0 Å². The van der Waals surface area contributed by atoms with Crippen molar-refractivity contribution >= 4 is 0 Å². The quantitative estimate of drug-likeness (QED) is 0.241. The van der Waals surface area contributed by atoms with Crippen LogP contribution >= 0.6 is 0 Å². The number of rotatable bonds is 16. The summed E-state index contributed by atoms with van der Waals surface area (Å²) >= 11 is 0. The minimum absolute atomic E-state index is 0.0155. The number of hydrogen-bond acceptors (Lipinski definition) is 9. The number of aliphatic hydroxyl groups is 2. The SMILES string of the molecule is CCCCOCC(O)COC1C(OC(C)(C)C)OCC(C(C)(C)C)C1OCC(O)COCC1CO1. The van der Waals surface area contributed by atoms with Crippen LogP contribution in [0.4, 0.5) is 0 Å². The topological polar surface area (TPSA) is 108 Å². The molecule has 7 atom stereocenters. The molecular formula is C26H50O9. The summed E-state index contributed by atoms with van der Waals surface area (Å²) < 4.78 is 41.1. The standard InChI is InChI=1S/C26H50O9/c1-8-9-10-29-11-18(27)14-33-23-22(32-13-19(28)12-30-15-20-16-31-20)21(25(2,3)4)17-34-24(23)35-26(5,6)7/h18-24,27-28H,8-17H2,1-7H3. The molecule has 0 amide bonds. The first-order chi connectivity index (χ1) is 16.4. The van der Waals surface area contributed by atoms with E-state index in [0.29, 0.717) is 26.4 Å². The van der Waals surface area contributed by atoms with E-state index in [1.165, 1.54) is 0 Å². The van der Waals surface area contributed by atoms with Crippen LogP contribution in [0.2, 0.25) is 0 Å². The van der Waals surface area contributed by atoms with Crippen LogP contribution in [0.3, 0.4) is 0 Å². The molecule has 2 heterocycles. The largest absolute Gasteiger partial charge is 0.388 e. The van der Waals surface area contributed by atoms with Crippen molar-refractivity contribution in [2.24, 2.45) is 11.3 Å². The molecule has 2 saturated heterocycles. The molecule has 0 saturated carbocycles. The highest BCUT2D eigenvalue weighted by Gasteiger charge is 2.48. The summed E-state index contributed by atoms with van der Waals surface area (Å²) in [4.78, 5) is 0. The Balaban J connectivity index is 2.05. The highest BCUT2D eigenvalue weighted by Crippen LogP contribution is 2.38. The van der Waals surface area contributed by atoms with Gasteiger partial charge in [-0.05, 0) is 32.6 Å². The lowest BCUT2D eigenvalue weighted by atomic mass is 9.75. The van der Waals surface area contributed by atoms with Crippen LogP contribution in [0.1, 0.15) is 61.3 Å². The van der Waals surface area contributed by atoms with Crippen LogP contribution in [-0.4, -0.2) is 105 Å². The van der Waals surface area contributed by atoms with Gasteiger partial charge >= 0.3 is 0 Å². The van der Waals surface area contributed by atoms with Crippen LogP contribution in [0.15, 0.2) is 0 Å². The van der Waals surface area contributed by atoms with Crippen molar-refractivity contribution in [2.45, 2.75) is 104 Å². The number of epoxide rings is 1. The Kier molecular flexibility index (Phi) is 12.8. The van der Waals surface area contributed by atoms with E-state index in [9.17, 15) is 10.2 Å². The van der Waals surface area contributed by atoms with Gasteiger partial charge in [0.2, 0.25) is 0 Å². The van der Waals surface area contributed by atoms with E-state index in [2.05, 4.69) is 27.7 Å². The maximum absolute atomic E-state index is 10.4. The molecule has 0 aromatic heterocycles. The zero-order valence-electron chi connectivity index (χ0n) is 22.9. The number of aliphatic hydroxyl groups excluding tert-OH is 2. The summed E-state index contributed by atoms with van der Waals surface area (Å²) in [5.41, 5.74) is -0.614. The normalized spacial score (nSPS) is 29.2. The highest BCUT2D eigenvalue weighted by atomic mass is 16.7. The molecule has 35 heavy (non-hydrogen) atoms. The minimum Gasteiger partial charge on any atom is -0.388 e. The zero-order valence-corrected chi connectivity index (χ0v) is 22.9. The van der Waals surface area contributed by atoms with Gasteiger partial charge in [-0.25, -0.2) is 0 Å². The number of hydrogen-bond donors (Lipinski definition) is 2. The van der Waals surface area contributed by atoms with E-state index >= 15 is 0 Å². The summed E-state index contributed by atoms with van der Waals surface area (Å²) in [7, 11) is 0. The van der Waals surface area contributed by atoms with E-state index in [4.69, 9.17) is 33.2 Å². The van der Waals surface area contributed by atoms with Crippen LogP contribution in [-0.2, 0) is 33.2 Å². The van der Waals surface area contributed by atoms with Crippen molar-refractivity contribution in [1.82, 2.24) is 0 Å². The van der Waals surface area contributed by atoms with Crippen molar-refractivity contribution in [3.05, 3.63) is 0 Å². The molecule has 0 bridgehead atoms. The van der Waals surface area contributed by atoms with Crippen LogP contribution < -0.4 is 0 Å². The highest BCUT2D eigenvalue weighted by molar-refractivity contribution is 4.92. The molecule has 2 fully saturated rings. The molecule has 0 aromatic carbocycles. The Labute approximate surface area is 211 Å². The van der Waals surface area contributed by atoms with Crippen molar-refractivity contribution in [2.75, 3.05) is 52.9 Å². The summed E-state index contributed by atoms with van der Waals surface area (Å²) in [6.45, 7) is 17.1. The fourth-order valence-corrected chi connectivity index (χ4v) is 3.85. The fraction of sp³-hybridized carbons (Fsp3) is 1.00. The van der Waals surface area contributed by atoms with Gasteiger partial charge in [0.1, 0.15) is 24.4 Å². The first-order valence-corrected chi connectivity index (χ1v) is 13.1. The van der Waals surface area contributed by atoms with Crippen molar-refractivity contribution in [3.8, 4) is 0 Å². The lowest BCUT2D eigenvalue weighted by Gasteiger charge is -2.48. The van der Waals surface area contributed by atoms with Crippen LogP contribution in [0.25, 0.3) is 0 Å². The summed E-state index contributed by atoms with van der Waals surface area (Å²) in [6, 6.07) is 0. The average Bonchev–Trinajstić information content (AvgIpc) is 3.57. The molecule has 0 radical (unpaired) electrons. The van der Waals surface area contributed by atoms with Gasteiger partial charge in [-0.2, -0.15) is 0 Å². The van der Waals surface area contributed by atoms with E-state index in [-0.39, 0.29) is 43.9 Å². The van der Waals surface area contributed by atoms with E-state index in [0.717, 1.165) is 12.8 Å². The van der Waals surface area contributed by atoms with Gasteiger partial charge in [0.05, 0.1) is 58.0 Å². The minimum atomic E-state index is -0.780. The monoisotopic (exact) mass is 506 g/mol. The zero-order chi connectivity index (χ0) is 26.1. The van der Waals surface area contributed by atoms with Gasteiger partial charge in [-0.1, -0.05) is 34.1 Å². The molecule has 0 spiro atoms. The lowest BCUT2D eigenvalue weighted by Crippen LogP contribution is -2.58. The number of unbranched alkanes of at least 4 members (excludes halogenated alkanes) is 1. The maximum atomic E-state index is 10.4. The number of ether oxygens (including phenoxy) is 7. The van der Waals surface area contributed by atoms with Crippen LogP contribution in [0.5, 0.6) is 0 Å². The van der Waals surface area contributed by atoms with Crippen molar-refractivity contribution in [1.29, 1.82) is 0 Å². The second kappa shape index (κ2) is 14.5. The third-order valence-electron chi connectivity index (χ3n) is 5.94. The molecular weight excluding hydrogens is 456 g/mol. The van der Waals surface area contributed by atoms with Crippen molar-refractivity contribution in [3.63, 3.8) is 0 Å². The molecule has 2 aliphatic rings. The third kappa shape index (κ3) is 12.2. The van der Waals surface area contributed by atoms with Crippen molar-refractivity contribution < 1.29 is 43.4 Å². The Morgan fingerprint density at radius 1 is 0.829 bits per heavy atom. The molecule has 0 aromatic rings. The molecule has 2 aliphatic heterocycles. The summed E-state index contributed by atoms with van der Waals surface area (Å²) in [5, 5.41) is 20.9. The van der Waals surface area contributed by atoms with Gasteiger partial charge in [-0.3, -0.25) is 0 Å². The van der Waals surface area contributed by atoms with Crippen LogP contribution in [0, 0.1) is 11.3 Å². The lowest BCUT2D eigenvalue weighted by molar-refractivity contribution is -0.313. The maximum Gasteiger partial charge on any atom is 0.186 e. The Bertz CT molecular complexity index is 570. The smallest absolute Gasteiger partial charge is 0.186 e. The van der Waals surface area contributed by atoms with E-state index < -0.39 is 36.3 Å². The Morgan fingerprint density at radius 2 is 1.43 bits per heavy atom. The average molecular weight is 507 g/mol. The first-order valence-electron chi connectivity index (χ1n) is 13.1. The Hall–Kier alpha value is -0.360. The third-order valence-corrected chi connectivity index (χ3v) is 5.94. The van der Waals surface area contributed by atoms with Gasteiger partial charge < -0.3 is 43.4 Å². The fourth-order valence-electron chi connectivity index (χ4n) is 3.85. The Morgan fingerprint density at radius 3 is 1.97 bits per heavy atom. The molecule has 7 unspecified atom stereocenters. The summed E-state index contributed by atoms with van der Waals surface area (Å²) in [6.07, 6.45) is -1.10. The second-order valence-corrected chi connectivity index (χ2v) is 11.7. The molecule has 208 valence electrons.